The molecule has 1 aliphatic rings. The standard InChI is InChI=1S/C10H11BrN2O4S/c11-7-4-8(6-12-5-7)18(16,17)13-3-1-2-9(13)10(14)15/h4-6,9H,1-3H2,(H,14,15)/t9-/m1/s1. The Morgan fingerprint density at radius 3 is 2.83 bits per heavy atom. The van der Waals surface area contributed by atoms with Gasteiger partial charge in [0, 0.05) is 23.4 Å². The van der Waals surface area contributed by atoms with E-state index in [1.54, 1.807) is 0 Å². The van der Waals surface area contributed by atoms with Gasteiger partial charge in [-0.3, -0.25) is 9.78 Å². The second-order valence-electron chi connectivity index (χ2n) is 3.95. The Kier molecular flexibility index (Phi) is 3.69. The molecule has 18 heavy (non-hydrogen) atoms. The minimum Gasteiger partial charge on any atom is -0.480 e. The topological polar surface area (TPSA) is 87.6 Å². The number of nitrogens with zero attached hydrogens (tertiary/aromatic N) is 2. The second-order valence-corrected chi connectivity index (χ2v) is 6.76. The van der Waals surface area contributed by atoms with Crippen molar-refractivity contribution in [3.8, 4) is 0 Å². The van der Waals surface area contributed by atoms with Crippen molar-refractivity contribution in [3.63, 3.8) is 0 Å². The van der Waals surface area contributed by atoms with Crippen LogP contribution in [0.25, 0.3) is 0 Å². The van der Waals surface area contributed by atoms with Crippen molar-refractivity contribution in [2.24, 2.45) is 0 Å². The summed E-state index contributed by atoms with van der Waals surface area (Å²) in [5, 5.41) is 9.02. The molecular weight excluding hydrogens is 324 g/mol. The molecule has 1 N–H and O–H groups in total. The molecular formula is C10H11BrN2O4S. The van der Waals surface area contributed by atoms with Crippen molar-refractivity contribution in [1.29, 1.82) is 0 Å². The molecule has 6 nitrogen and oxygen atoms in total. The molecule has 1 atom stereocenters. The van der Waals surface area contributed by atoms with E-state index in [1.807, 2.05) is 0 Å². The maximum Gasteiger partial charge on any atom is 0.322 e. The number of aromatic nitrogens is 1. The van der Waals surface area contributed by atoms with Crippen molar-refractivity contribution in [2.45, 2.75) is 23.8 Å². The van der Waals surface area contributed by atoms with E-state index in [9.17, 15) is 13.2 Å². The first-order valence-corrected chi connectivity index (χ1v) is 7.51. The summed E-state index contributed by atoms with van der Waals surface area (Å²) in [5.74, 6) is -1.11. The van der Waals surface area contributed by atoms with Crippen LogP contribution in [0, 0.1) is 0 Å². The molecule has 2 rings (SSSR count). The maximum absolute atomic E-state index is 12.3. The number of halogens is 1. The summed E-state index contributed by atoms with van der Waals surface area (Å²) in [5.41, 5.74) is 0. The van der Waals surface area contributed by atoms with E-state index in [0.717, 1.165) is 4.31 Å². The number of rotatable bonds is 3. The predicted molar refractivity (Wildman–Crippen MR) is 66.5 cm³/mol. The predicted octanol–water partition coefficient (Wildman–Crippen LogP) is 1.08. The number of sulfonamides is 1. The Morgan fingerprint density at radius 1 is 1.50 bits per heavy atom. The van der Waals surface area contributed by atoms with Crippen LogP contribution in [0.2, 0.25) is 0 Å². The third-order valence-electron chi connectivity index (χ3n) is 2.78. The average molecular weight is 335 g/mol. The summed E-state index contributed by atoms with van der Waals surface area (Å²) in [7, 11) is -3.80. The molecule has 1 saturated heterocycles. The van der Waals surface area contributed by atoms with Gasteiger partial charge in [0.2, 0.25) is 10.0 Å². The summed E-state index contributed by atoms with van der Waals surface area (Å²) >= 11 is 3.15. The molecule has 98 valence electrons. The SMILES string of the molecule is O=C(O)[C@H]1CCCN1S(=O)(=O)c1cncc(Br)c1. The third kappa shape index (κ3) is 2.40. The molecule has 0 aromatic carbocycles. The molecule has 2 heterocycles. The smallest absolute Gasteiger partial charge is 0.322 e. The minimum atomic E-state index is -3.80. The van der Waals surface area contributed by atoms with Crippen molar-refractivity contribution >= 4 is 31.9 Å². The third-order valence-corrected chi connectivity index (χ3v) is 5.08. The van der Waals surface area contributed by atoms with E-state index >= 15 is 0 Å². The van der Waals surface area contributed by atoms with Gasteiger partial charge >= 0.3 is 5.97 Å². The van der Waals surface area contributed by atoms with Crippen LogP contribution in [0.3, 0.4) is 0 Å². The van der Waals surface area contributed by atoms with E-state index in [0.29, 0.717) is 17.3 Å². The molecule has 0 saturated carbocycles. The van der Waals surface area contributed by atoms with Crippen LogP contribution in [-0.2, 0) is 14.8 Å². The second kappa shape index (κ2) is 4.94. The Bertz CT molecular complexity index is 575. The van der Waals surface area contributed by atoms with Crippen LogP contribution in [-0.4, -0.2) is 41.4 Å². The molecule has 1 fully saturated rings. The van der Waals surface area contributed by atoms with Gasteiger partial charge in [-0.15, -0.1) is 0 Å². The molecule has 1 aromatic rings. The Balaban J connectivity index is 2.40. The lowest BCUT2D eigenvalue weighted by Gasteiger charge is -2.20. The molecule has 0 aliphatic carbocycles. The zero-order chi connectivity index (χ0) is 13.3. The number of carboxylic acids is 1. The average Bonchev–Trinajstić information content (AvgIpc) is 2.78. The highest BCUT2D eigenvalue weighted by Gasteiger charge is 2.39. The fourth-order valence-corrected chi connectivity index (χ4v) is 4.10. The zero-order valence-corrected chi connectivity index (χ0v) is 11.7. The highest BCUT2D eigenvalue weighted by molar-refractivity contribution is 9.10. The molecule has 0 unspecified atom stereocenters. The van der Waals surface area contributed by atoms with Crippen LogP contribution in [0.4, 0.5) is 0 Å². The van der Waals surface area contributed by atoms with E-state index in [1.165, 1.54) is 18.5 Å². The molecule has 0 radical (unpaired) electrons. The highest BCUT2D eigenvalue weighted by atomic mass is 79.9. The zero-order valence-electron chi connectivity index (χ0n) is 9.28. The Hall–Kier alpha value is -0.990. The maximum atomic E-state index is 12.3. The first-order chi connectivity index (χ1) is 8.43. The van der Waals surface area contributed by atoms with E-state index in [-0.39, 0.29) is 11.4 Å². The molecule has 1 aliphatic heterocycles. The van der Waals surface area contributed by atoms with Gasteiger partial charge in [-0.2, -0.15) is 4.31 Å². The van der Waals surface area contributed by atoms with Crippen LogP contribution < -0.4 is 0 Å². The first-order valence-electron chi connectivity index (χ1n) is 5.28. The van der Waals surface area contributed by atoms with Crippen molar-refractivity contribution in [3.05, 3.63) is 22.9 Å². The van der Waals surface area contributed by atoms with Crippen molar-refractivity contribution in [1.82, 2.24) is 9.29 Å². The van der Waals surface area contributed by atoms with Gasteiger partial charge in [-0.05, 0) is 34.8 Å². The lowest BCUT2D eigenvalue weighted by atomic mass is 10.2. The molecule has 0 spiro atoms. The van der Waals surface area contributed by atoms with E-state index in [2.05, 4.69) is 20.9 Å². The summed E-state index contributed by atoms with van der Waals surface area (Å²) in [4.78, 5) is 14.8. The monoisotopic (exact) mass is 334 g/mol. The minimum absolute atomic E-state index is 0.00465. The van der Waals surface area contributed by atoms with Crippen LogP contribution >= 0.6 is 15.9 Å². The number of carboxylic acid groups (broad SMARTS) is 1. The molecule has 0 amide bonds. The van der Waals surface area contributed by atoms with Gasteiger partial charge in [0.25, 0.3) is 0 Å². The summed E-state index contributed by atoms with van der Waals surface area (Å²) in [6.07, 6.45) is 3.59. The van der Waals surface area contributed by atoms with Gasteiger partial charge in [0.15, 0.2) is 0 Å². The van der Waals surface area contributed by atoms with Gasteiger partial charge in [0.05, 0.1) is 0 Å². The van der Waals surface area contributed by atoms with Crippen molar-refractivity contribution in [2.75, 3.05) is 6.54 Å². The first kappa shape index (κ1) is 13.4. The van der Waals surface area contributed by atoms with Crippen LogP contribution in [0.1, 0.15) is 12.8 Å². The van der Waals surface area contributed by atoms with Gasteiger partial charge in [-0.25, -0.2) is 8.42 Å². The van der Waals surface area contributed by atoms with Gasteiger partial charge < -0.3 is 5.11 Å². The lowest BCUT2D eigenvalue weighted by Crippen LogP contribution is -2.40. The number of hydrogen-bond donors (Lipinski definition) is 1. The van der Waals surface area contributed by atoms with Gasteiger partial charge in [-0.1, -0.05) is 0 Å². The fraction of sp³-hybridized carbons (Fsp3) is 0.400. The summed E-state index contributed by atoms with van der Waals surface area (Å²) in [6.45, 7) is 0.228. The number of pyridine rings is 1. The Morgan fingerprint density at radius 2 is 2.22 bits per heavy atom. The lowest BCUT2D eigenvalue weighted by molar-refractivity contribution is -0.140. The number of carbonyl (C=O) groups is 1. The Labute approximate surface area is 113 Å². The van der Waals surface area contributed by atoms with Crippen molar-refractivity contribution < 1.29 is 18.3 Å². The normalized spacial score (nSPS) is 21.1. The van der Waals surface area contributed by atoms with E-state index < -0.39 is 22.0 Å². The summed E-state index contributed by atoms with van der Waals surface area (Å²) < 4.78 is 26.2. The fourth-order valence-electron chi connectivity index (χ4n) is 1.94. The molecule has 1 aromatic heterocycles. The quantitative estimate of drug-likeness (QED) is 0.893. The number of hydrogen-bond acceptors (Lipinski definition) is 4. The van der Waals surface area contributed by atoms with Crippen LogP contribution in [0.5, 0.6) is 0 Å². The summed E-state index contributed by atoms with van der Waals surface area (Å²) in [6, 6.07) is 0.438. The van der Waals surface area contributed by atoms with E-state index in [4.69, 9.17) is 5.11 Å². The number of aliphatic carboxylic acids is 1. The molecule has 0 bridgehead atoms. The van der Waals surface area contributed by atoms with Crippen LogP contribution in [0.15, 0.2) is 27.8 Å². The van der Waals surface area contributed by atoms with Gasteiger partial charge in [0.1, 0.15) is 10.9 Å². The highest BCUT2D eigenvalue weighted by Crippen LogP contribution is 2.26. The molecule has 8 heteroatoms. The largest absolute Gasteiger partial charge is 0.480 e.